The molecule has 0 saturated heterocycles. The van der Waals surface area contributed by atoms with Gasteiger partial charge in [0.1, 0.15) is 17.9 Å². The number of imidazole rings is 1. The van der Waals surface area contributed by atoms with Crippen molar-refractivity contribution in [1.29, 1.82) is 0 Å². The quantitative estimate of drug-likeness (QED) is 0.371. The Morgan fingerprint density at radius 3 is 2.93 bits per heavy atom. The Morgan fingerprint density at radius 1 is 1.33 bits per heavy atom. The molecule has 0 radical (unpaired) electrons. The van der Waals surface area contributed by atoms with Gasteiger partial charge in [-0.25, -0.2) is 15.0 Å². The molecule has 3 aromatic rings. The van der Waals surface area contributed by atoms with Crippen LogP contribution in [-0.2, 0) is 11.3 Å². The first-order valence-corrected chi connectivity index (χ1v) is 10.8. The van der Waals surface area contributed by atoms with E-state index < -0.39 is 23.7 Å². The van der Waals surface area contributed by atoms with Gasteiger partial charge in [-0.3, -0.25) is 4.79 Å². The van der Waals surface area contributed by atoms with Gasteiger partial charge in [0, 0.05) is 23.1 Å². The molecule has 2 fully saturated rings. The van der Waals surface area contributed by atoms with Crippen LogP contribution in [0.4, 0.5) is 5.82 Å². The number of rotatable bonds is 5. The highest BCUT2D eigenvalue weighted by Crippen LogP contribution is 2.67. The molecule has 5 atom stereocenters. The first kappa shape index (κ1) is 19.6. The second-order valence-electron chi connectivity index (χ2n) is 7.89. The third kappa shape index (κ3) is 2.81. The minimum atomic E-state index is -1.12. The zero-order chi connectivity index (χ0) is 21.0. The molecular weight excluding hydrogens is 499 g/mol. The number of nitrogens with zero attached hydrogens (tertiary/aromatic N) is 4. The Bertz CT molecular complexity index is 1140. The molecule has 10 heteroatoms. The highest BCUT2D eigenvalue weighted by atomic mass is 127. The van der Waals surface area contributed by atoms with Crippen LogP contribution in [-0.4, -0.2) is 54.9 Å². The number of aromatic nitrogens is 4. The normalized spacial score (nSPS) is 29.6. The van der Waals surface area contributed by atoms with Gasteiger partial charge >= 0.3 is 0 Å². The maximum Gasteiger partial charge on any atom is 0.229 e. The summed E-state index contributed by atoms with van der Waals surface area (Å²) in [6.45, 7) is 0.586. The van der Waals surface area contributed by atoms with Crippen molar-refractivity contribution in [2.45, 2.75) is 31.2 Å². The summed E-state index contributed by atoms with van der Waals surface area (Å²) in [4.78, 5) is 25.5. The van der Waals surface area contributed by atoms with Crippen LogP contribution in [0.3, 0.4) is 0 Å². The van der Waals surface area contributed by atoms with Crippen LogP contribution in [0, 0.1) is 14.9 Å². The maximum absolute atomic E-state index is 12.4. The van der Waals surface area contributed by atoms with Crippen molar-refractivity contribution < 1.29 is 15.0 Å². The number of nitrogens with one attached hydrogen (secondary N) is 2. The number of hydrogen-bond donors (Lipinski definition) is 4. The first-order valence-electron chi connectivity index (χ1n) is 9.71. The van der Waals surface area contributed by atoms with Crippen molar-refractivity contribution in [3.63, 3.8) is 0 Å². The van der Waals surface area contributed by atoms with Crippen LogP contribution in [0.1, 0.15) is 18.0 Å². The van der Waals surface area contributed by atoms with E-state index in [0.29, 0.717) is 29.9 Å². The number of carbonyl (C=O) groups excluding carboxylic acids is 1. The predicted molar refractivity (Wildman–Crippen MR) is 117 cm³/mol. The Hall–Kier alpha value is -2.31. The van der Waals surface area contributed by atoms with Crippen molar-refractivity contribution in [3.05, 3.63) is 46.1 Å². The van der Waals surface area contributed by atoms with E-state index in [1.54, 1.807) is 17.9 Å². The molecule has 0 unspecified atom stereocenters. The van der Waals surface area contributed by atoms with Gasteiger partial charge in [0.2, 0.25) is 5.91 Å². The van der Waals surface area contributed by atoms with E-state index in [0.717, 1.165) is 9.13 Å². The number of aliphatic hydroxyl groups excluding tert-OH is 2. The van der Waals surface area contributed by atoms with Crippen molar-refractivity contribution >= 4 is 45.5 Å². The monoisotopic (exact) mass is 520 g/mol. The van der Waals surface area contributed by atoms with Crippen LogP contribution in [0.25, 0.3) is 11.2 Å². The molecule has 2 saturated carbocycles. The smallest absolute Gasteiger partial charge is 0.229 e. The fourth-order valence-electron chi connectivity index (χ4n) is 4.82. The van der Waals surface area contributed by atoms with E-state index in [1.165, 1.54) is 6.33 Å². The van der Waals surface area contributed by atoms with Gasteiger partial charge in [-0.2, -0.15) is 0 Å². The number of halogens is 1. The Balaban J connectivity index is 1.45. The summed E-state index contributed by atoms with van der Waals surface area (Å²) in [5.74, 6) is 0.192. The second-order valence-corrected chi connectivity index (χ2v) is 9.13. The lowest BCUT2D eigenvalue weighted by Crippen LogP contribution is -2.41. The first-order chi connectivity index (χ1) is 14.5. The number of anilines is 1. The van der Waals surface area contributed by atoms with Gasteiger partial charge in [0.25, 0.3) is 0 Å². The molecular formula is C20H21IN6O3. The molecule has 156 valence electrons. The van der Waals surface area contributed by atoms with Crippen LogP contribution < -0.4 is 10.6 Å². The number of hydrogen-bond acceptors (Lipinski definition) is 7. The molecule has 0 bridgehead atoms. The van der Waals surface area contributed by atoms with Crippen LogP contribution in [0.15, 0.2) is 36.9 Å². The van der Waals surface area contributed by atoms with Gasteiger partial charge in [-0.1, -0.05) is 12.1 Å². The van der Waals surface area contributed by atoms with Gasteiger partial charge < -0.3 is 25.4 Å². The average Bonchev–Trinajstić information content (AvgIpc) is 3.28. The molecule has 0 spiro atoms. The summed E-state index contributed by atoms with van der Waals surface area (Å²) in [5, 5.41) is 27.2. The molecule has 0 aliphatic heterocycles. The number of amides is 1. The summed E-state index contributed by atoms with van der Waals surface area (Å²) in [6, 6.07) is 7.69. The lowest BCUT2D eigenvalue weighted by atomic mass is 9.98. The van der Waals surface area contributed by atoms with Crippen LogP contribution in [0.2, 0.25) is 0 Å². The molecule has 5 rings (SSSR count). The summed E-state index contributed by atoms with van der Waals surface area (Å²) < 4.78 is 2.92. The van der Waals surface area contributed by atoms with Crippen molar-refractivity contribution in [2.75, 3.05) is 12.4 Å². The summed E-state index contributed by atoms with van der Waals surface area (Å²) in [5.41, 5.74) is 1.33. The molecule has 2 aromatic heterocycles. The van der Waals surface area contributed by atoms with Crippen LogP contribution in [0.5, 0.6) is 0 Å². The Labute approximate surface area is 186 Å². The molecule has 2 aliphatic carbocycles. The number of benzene rings is 1. The number of fused-ring (bicyclic) bond motifs is 2. The van der Waals surface area contributed by atoms with E-state index in [2.05, 4.69) is 54.2 Å². The van der Waals surface area contributed by atoms with E-state index in [9.17, 15) is 15.0 Å². The van der Waals surface area contributed by atoms with Crippen molar-refractivity contribution in [2.24, 2.45) is 11.3 Å². The van der Waals surface area contributed by atoms with Crippen molar-refractivity contribution in [1.82, 2.24) is 24.8 Å². The summed E-state index contributed by atoms with van der Waals surface area (Å²) >= 11 is 2.27. The standard InChI is InChI=1S/C20H21IN6O3/c1-22-19(30)20-6-12(20)14(15(28)16(20)29)27-9-26-13-17(24-8-25-18(13)27)23-7-10-3-2-4-11(21)5-10/h2-5,8-9,12,14-16,28-29H,6-7H2,1H3,(H,22,30)(H,23,24,25)/t12-,14-,15+,16+,20-/m1/s1. The molecule has 1 aromatic carbocycles. The lowest BCUT2D eigenvalue weighted by Gasteiger charge is -2.23. The fourth-order valence-corrected chi connectivity index (χ4v) is 5.43. The molecule has 30 heavy (non-hydrogen) atoms. The Kier molecular flexibility index (Phi) is 4.67. The Morgan fingerprint density at radius 2 is 2.17 bits per heavy atom. The van der Waals surface area contributed by atoms with Crippen molar-refractivity contribution in [3.8, 4) is 0 Å². The summed E-state index contributed by atoms with van der Waals surface area (Å²) in [7, 11) is 1.55. The zero-order valence-corrected chi connectivity index (χ0v) is 18.3. The highest BCUT2D eigenvalue weighted by molar-refractivity contribution is 14.1. The van der Waals surface area contributed by atoms with Gasteiger partial charge in [-0.15, -0.1) is 0 Å². The molecule has 9 nitrogen and oxygen atoms in total. The topological polar surface area (TPSA) is 125 Å². The molecule has 1 amide bonds. The van der Waals surface area contributed by atoms with Gasteiger partial charge in [0.05, 0.1) is 23.9 Å². The predicted octanol–water partition coefficient (Wildman–Crippen LogP) is 1.07. The zero-order valence-electron chi connectivity index (χ0n) is 16.2. The van der Waals surface area contributed by atoms with Gasteiger partial charge in [0.15, 0.2) is 11.5 Å². The maximum atomic E-state index is 12.4. The largest absolute Gasteiger partial charge is 0.389 e. The third-order valence-corrected chi connectivity index (χ3v) is 7.02. The number of carbonyl (C=O) groups is 1. The summed E-state index contributed by atoms with van der Waals surface area (Å²) in [6.07, 6.45) is 1.39. The SMILES string of the molecule is CNC(=O)[C@]12C[C@@H]1[C@@H](n1cnc3c(NCc4cccc(I)c4)ncnc31)[C@H](O)[C@@H]2O. The molecule has 4 N–H and O–H groups in total. The fraction of sp³-hybridized carbons (Fsp3) is 0.400. The minimum absolute atomic E-state index is 0.169. The second kappa shape index (κ2) is 7.13. The van der Waals surface area contributed by atoms with Gasteiger partial charge in [-0.05, 0) is 46.7 Å². The van der Waals surface area contributed by atoms with E-state index >= 15 is 0 Å². The number of aliphatic hydroxyl groups is 2. The minimum Gasteiger partial charge on any atom is -0.389 e. The van der Waals surface area contributed by atoms with E-state index in [4.69, 9.17) is 0 Å². The molecule has 2 heterocycles. The third-order valence-electron chi connectivity index (χ3n) is 6.35. The van der Waals surface area contributed by atoms with E-state index in [1.807, 2.05) is 18.2 Å². The average molecular weight is 520 g/mol. The van der Waals surface area contributed by atoms with E-state index in [-0.39, 0.29) is 11.8 Å². The molecule has 2 aliphatic rings. The highest BCUT2D eigenvalue weighted by Gasteiger charge is 2.75. The lowest BCUT2D eigenvalue weighted by molar-refractivity contribution is -0.132. The van der Waals surface area contributed by atoms with Crippen LogP contribution >= 0.6 is 22.6 Å².